The quantitative estimate of drug-likeness (QED) is 0.799. The summed E-state index contributed by atoms with van der Waals surface area (Å²) in [4.78, 5) is 0. The molecular weight excluding hydrogens is 182 g/mol. The number of rotatable bonds is 4. The summed E-state index contributed by atoms with van der Waals surface area (Å²) < 4.78 is 0. The average Bonchev–Trinajstić information content (AvgIpc) is 3.09. The first-order valence-corrected chi connectivity index (χ1v) is 6.02. The van der Waals surface area contributed by atoms with E-state index in [2.05, 4.69) is 38.1 Å². The molecule has 1 aliphatic carbocycles. The maximum absolute atomic E-state index is 5.82. The summed E-state index contributed by atoms with van der Waals surface area (Å²) in [5.74, 6) is 0.673. The Labute approximate surface area is 92.7 Å². The Kier molecular flexibility index (Phi) is 2.83. The smallest absolute Gasteiger partial charge is 0.00762 e. The van der Waals surface area contributed by atoms with E-state index in [-0.39, 0.29) is 0 Å². The van der Waals surface area contributed by atoms with Crippen molar-refractivity contribution < 1.29 is 0 Å². The summed E-state index contributed by atoms with van der Waals surface area (Å²) >= 11 is 0. The fourth-order valence-electron chi connectivity index (χ4n) is 2.16. The molecule has 0 amide bonds. The minimum atomic E-state index is 0.341. The van der Waals surface area contributed by atoms with Gasteiger partial charge in [0.2, 0.25) is 0 Å². The van der Waals surface area contributed by atoms with Crippen molar-refractivity contribution in [2.24, 2.45) is 5.73 Å². The molecule has 1 heteroatoms. The van der Waals surface area contributed by atoms with Crippen molar-refractivity contribution in [1.82, 2.24) is 0 Å². The van der Waals surface area contributed by atoms with Gasteiger partial charge in [-0.2, -0.15) is 0 Å². The Morgan fingerprint density at radius 2 is 1.87 bits per heavy atom. The van der Waals surface area contributed by atoms with E-state index in [4.69, 9.17) is 5.73 Å². The molecule has 0 spiro atoms. The minimum absolute atomic E-state index is 0.341. The normalized spacial score (nSPS) is 19.9. The molecular formula is C14H21N. The second-order valence-corrected chi connectivity index (χ2v) is 4.92. The van der Waals surface area contributed by atoms with Gasteiger partial charge in [0.15, 0.2) is 0 Å². The van der Waals surface area contributed by atoms with Gasteiger partial charge < -0.3 is 5.73 Å². The highest BCUT2D eigenvalue weighted by Crippen LogP contribution is 2.47. The molecule has 1 aromatic carbocycles. The molecule has 1 saturated carbocycles. The third-order valence-corrected chi connectivity index (χ3v) is 3.95. The third-order valence-electron chi connectivity index (χ3n) is 3.95. The van der Waals surface area contributed by atoms with Crippen molar-refractivity contribution in [1.29, 1.82) is 0 Å². The molecule has 1 nitrogen and oxygen atoms in total. The average molecular weight is 203 g/mol. The van der Waals surface area contributed by atoms with Gasteiger partial charge in [0, 0.05) is 12.0 Å². The van der Waals surface area contributed by atoms with Crippen molar-refractivity contribution in [3.63, 3.8) is 0 Å². The Morgan fingerprint density at radius 3 is 2.27 bits per heavy atom. The predicted octanol–water partition coefficient (Wildman–Crippen LogP) is 3.19. The van der Waals surface area contributed by atoms with Crippen LogP contribution >= 0.6 is 0 Å². The Morgan fingerprint density at radius 1 is 1.27 bits per heavy atom. The molecule has 1 fully saturated rings. The van der Waals surface area contributed by atoms with E-state index in [1.54, 1.807) is 0 Å². The van der Waals surface area contributed by atoms with Gasteiger partial charge in [-0.05, 0) is 36.3 Å². The summed E-state index contributed by atoms with van der Waals surface area (Å²) in [5.41, 5.74) is 9.06. The van der Waals surface area contributed by atoms with E-state index in [9.17, 15) is 0 Å². The zero-order valence-electron chi connectivity index (χ0n) is 9.79. The van der Waals surface area contributed by atoms with Crippen LogP contribution in [0.3, 0.4) is 0 Å². The lowest BCUT2D eigenvalue weighted by atomic mass is 9.92. The second kappa shape index (κ2) is 3.97. The van der Waals surface area contributed by atoms with Gasteiger partial charge in [-0.25, -0.2) is 0 Å². The van der Waals surface area contributed by atoms with E-state index >= 15 is 0 Å². The van der Waals surface area contributed by atoms with Gasteiger partial charge in [-0.1, -0.05) is 38.1 Å². The largest absolute Gasteiger partial charge is 0.330 e. The van der Waals surface area contributed by atoms with Crippen molar-refractivity contribution in [2.75, 3.05) is 6.54 Å². The molecule has 15 heavy (non-hydrogen) atoms. The Balaban J connectivity index is 2.17. The topological polar surface area (TPSA) is 26.0 Å². The van der Waals surface area contributed by atoms with Crippen LogP contribution in [-0.4, -0.2) is 6.54 Å². The summed E-state index contributed by atoms with van der Waals surface area (Å²) in [6, 6.07) is 9.11. The highest BCUT2D eigenvalue weighted by molar-refractivity contribution is 5.35. The van der Waals surface area contributed by atoms with Gasteiger partial charge >= 0.3 is 0 Å². The third kappa shape index (κ3) is 1.93. The number of hydrogen-bond donors (Lipinski definition) is 1. The van der Waals surface area contributed by atoms with Crippen LogP contribution in [0.25, 0.3) is 0 Å². The first kappa shape index (κ1) is 10.7. The molecule has 0 bridgehead atoms. The van der Waals surface area contributed by atoms with Gasteiger partial charge in [0.25, 0.3) is 0 Å². The maximum Gasteiger partial charge on any atom is 0.00762 e. The van der Waals surface area contributed by atoms with E-state index in [1.807, 2.05) is 0 Å². The predicted molar refractivity (Wildman–Crippen MR) is 65.1 cm³/mol. The maximum atomic E-state index is 5.82. The molecule has 0 aromatic heterocycles. The standard InChI is InChI=1S/C14H21N/c1-3-11(2)12-4-6-13(7-5-12)14(10-15)8-9-14/h4-7,11H,3,8-10,15H2,1-2H3. The van der Waals surface area contributed by atoms with Gasteiger partial charge in [0.1, 0.15) is 0 Å². The minimum Gasteiger partial charge on any atom is -0.330 e. The molecule has 1 unspecified atom stereocenters. The monoisotopic (exact) mass is 203 g/mol. The molecule has 0 saturated heterocycles. The summed E-state index contributed by atoms with van der Waals surface area (Å²) in [7, 11) is 0. The molecule has 82 valence electrons. The lowest BCUT2D eigenvalue weighted by molar-refractivity contribution is 0.699. The van der Waals surface area contributed by atoms with Crippen molar-refractivity contribution in [3.8, 4) is 0 Å². The molecule has 1 aliphatic rings. The summed E-state index contributed by atoms with van der Waals surface area (Å²) in [5, 5.41) is 0. The SMILES string of the molecule is CCC(C)c1ccc(C2(CN)CC2)cc1. The number of hydrogen-bond acceptors (Lipinski definition) is 1. The van der Waals surface area contributed by atoms with Crippen LogP contribution in [0.1, 0.15) is 50.2 Å². The first-order chi connectivity index (χ1) is 7.22. The lowest BCUT2D eigenvalue weighted by Gasteiger charge is -2.15. The van der Waals surface area contributed by atoms with E-state index in [0.29, 0.717) is 11.3 Å². The van der Waals surface area contributed by atoms with Gasteiger partial charge in [0.05, 0.1) is 0 Å². The van der Waals surface area contributed by atoms with Crippen molar-refractivity contribution in [2.45, 2.75) is 44.4 Å². The van der Waals surface area contributed by atoms with Crippen LogP contribution in [-0.2, 0) is 5.41 Å². The molecule has 2 N–H and O–H groups in total. The van der Waals surface area contributed by atoms with Crippen LogP contribution in [0, 0.1) is 0 Å². The van der Waals surface area contributed by atoms with E-state index in [1.165, 1.54) is 30.4 Å². The fourth-order valence-corrected chi connectivity index (χ4v) is 2.16. The highest BCUT2D eigenvalue weighted by atomic mass is 14.7. The van der Waals surface area contributed by atoms with Crippen LogP contribution in [0.5, 0.6) is 0 Å². The molecule has 1 aromatic rings. The number of nitrogens with two attached hydrogens (primary N) is 1. The summed E-state index contributed by atoms with van der Waals surface area (Å²) in [6.07, 6.45) is 3.75. The number of benzene rings is 1. The second-order valence-electron chi connectivity index (χ2n) is 4.92. The molecule has 1 atom stereocenters. The van der Waals surface area contributed by atoms with Crippen LogP contribution < -0.4 is 5.73 Å². The summed E-state index contributed by atoms with van der Waals surface area (Å²) in [6.45, 7) is 5.32. The Bertz CT molecular complexity index is 322. The molecule has 0 radical (unpaired) electrons. The zero-order valence-corrected chi connectivity index (χ0v) is 9.79. The van der Waals surface area contributed by atoms with Crippen LogP contribution in [0.4, 0.5) is 0 Å². The highest BCUT2D eigenvalue weighted by Gasteiger charge is 2.42. The molecule has 0 aliphatic heterocycles. The van der Waals surface area contributed by atoms with Crippen LogP contribution in [0.15, 0.2) is 24.3 Å². The zero-order chi connectivity index (χ0) is 10.9. The molecule has 0 heterocycles. The lowest BCUT2D eigenvalue weighted by Crippen LogP contribution is -2.19. The van der Waals surface area contributed by atoms with E-state index < -0.39 is 0 Å². The van der Waals surface area contributed by atoms with Crippen LogP contribution in [0.2, 0.25) is 0 Å². The van der Waals surface area contributed by atoms with Gasteiger partial charge in [-0.15, -0.1) is 0 Å². The molecule has 2 rings (SSSR count). The van der Waals surface area contributed by atoms with E-state index in [0.717, 1.165) is 6.54 Å². The Hall–Kier alpha value is -0.820. The first-order valence-electron chi connectivity index (χ1n) is 6.02. The van der Waals surface area contributed by atoms with Gasteiger partial charge in [-0.3, -0.25) is 0 Å². The van der Waals surface area contributed by atoms with Crippen molar-refractivity contribution >= 4 is 0 Å². The fraction of sp³-hybridized carbons (Fsp3) is 0.571. The van der Waals surface area contributed by atoms with Crippen molar-refractivity contribution in [3.05, 3.63) is 35.4 Å².